The van der Waals surface area contributed by atoms with Gasteiger partial charge in [0.05, 0.1) is 19.0 Å². The van der Waals surface area contributed by atoms with E-state index < -0.39 is 10.1 Å². The molecule has 0 aromatic carbocycles. The lowest BCUT2D eigenvalue weighted by Gasteiger charge is -1.98. The minimum Gasteiger partial charge on any atom is -0.371 e. The lowest BCUT2D eigenvalue weighted by atomic mass is 10.5. The van der Waals surface area contributed by atoms with Crippen molar-refractivity contribution in [2.45, 2.75) is 13.0 Å². The van der Waals surface area contributed by atoms with E-state index >= 15 is 0 Å². The molecule has 1 rings (SSSR count). The Morgan fingerprint density at radius 1 is 1.70 bits per heavy atom. The van der Waals surface area contributed by atoms with Crippen LogP contribution >= 0.6 is 0 Å². The Balaban J connectivity index is 2.22. The Bertz CT molecular complexity index is 192. The molecule has 0 aromatic rings. The average molecular weight is 166 g/mol. The van der Waals surface area contributed by atoms with Crippen LogP contribution < -0.4 is 0 Å². The maximum Gasteiger partial charge on any atom is 0.267 e. The molecule has 4 nitrogen and oxygen atoms in total. The third-order valence-electron chi connectivity index (χ3n) is 1.19. The van der Waals surface area contributed by atoms with Crippen LogP contribution in [0, 0.1) is 0 Å². The van der Waals surface area contributed by atoms with E-state index in [1.54, 1.807) is 6.92 Å². The van der Waals surface area contributed by atoms with Crippen LogP contribution in [0.15, 0.2) is 0 Å². The van der Waals surface area contributed by atoms with Gasteiger partial charge in [0.25, 0.3) is 10.1 Å². The summed E-state index contributed by atoms with van der Waals surface area (Å²) >= 11 is 0. The van der Waals surface area contributed by atoms with Gasteiger partial charge in [0, 0.05) is 0 Å². The fourth-order valence-corrected chi connectivity index (χ4v) is 0.953. The van der Waals surface area contributed by atoms with Crippen molar-refractivity contribution < 1.29 is 17.3 Å². The SMILES string of the molecule is CCS(=O)(=O)OC[C@H]1CO1. The highest BCUT2D eigenvalue weighted by Gasteiger charge is 2.24. The van der Waals surface area contributed by atoms with Gasteiger partial charge in [0.15, 0.2) is 0 Å². The zero-order valence-corrected chi connectivity index (χ0v) is 6.56. The lowest BCUT2D eigenvalue weighted by Crippen LogP contribution is -2.12. The maximum atomic E-state index is 10.7. The number of hydrogen-bond donors (Lipinski definition) is 0. The molecule has 0 radical (unpaired) electrons. The first-order valence-corrected chi connectivity index (χ1v) is 4.70. The summed E-state index contributed by atoms with van der Waals surface area (Å²) in [5.74, 6) is 0.0275. The molecule has 0 aliphatic carbocycles. The van der Waals surface area contributed by atoms with Gasteiger partial charge in [-0.2, -0.15) is 8.42 Å². The molecular weight excluding hydrogens is 156 g/mol. The summed E-state index contributed by atoms with van der Waals surface area (Å²) in [6.45, 7) is 2.35. The highest BCUT2D eigenvalue weighted by atomic mass is 32.2. The van der Waals surface area contributed by atoms with E-state index in [9.17, 15) is 8.42 Å². The Hall–Kier alpha value is -0.130. The summed E-state index contributed by atoms with van der Waals surface area (Å²) in [4.78, 5) is 0. The highest BCUT2D eigenvalue weighted by Crippen LogP contribution is 2.10. The van der Waals surface area contributed by atoms with Crippen molar-refractivity contribution in [3.63, 3.8) is 0 Å². The molecule has 0 bridgehead atoms. The smallest absolute Gasteiger partial charge is 0.267 e. The molecule has 0 saturated carbocycles. The van der Waals surface area contributed by atoms with Crippen molar-refractivity contribution >= 4 is 10.1 Å². The summed E-state index contributed by atoms with van der Waals surface area (Å²) in [6, 6.07) is 0. The van der Waals surface area contributed by atoms with Crippen molar-refractivity contribution in [3.05, 3.63) is 0 Å². The first-order valence-electron chi connectivity index (χ1n) is 3.13. The monoisotopic (exact) mass is 166 g/mol. The number of hydrogen-bond acceptors (Lipinski definition) is 4. The molecule has 60 valence electrons. The lowest BCUT2D eigenvalue weighted by molar-refractivity contribution is 0.267. The second-order valence-corrected chi connectivity index (χ2v) is 4.01. The topological polar surface area (TPSA) is 55.9 Å². The van der Waals surface area contributed by atoms with Gasteiger partial charge in [-0.25, -0.2) is 0 Å². The van der Waals surface area contributed by atoms with Crippen molar-refractivity contribution in [3.8, 4) is 0 Å². The summed E-state index contributed by atoms with van der Waals surface area (Å²) in [6.07, 6.45) is 0.0151. The average Bonchev–Trinajstić information content (AvgIpc) is 2.66. The second-order valence-electron chi connectivity index (χ2n) is 2.09. The van der Waals surface area contributed by atoms with Crippen LogP contribution in [-0.2, 0) is 19.0 Å². The van der Waals surface area contributed by atoms with E-state index in [2.05, 4.69) is 4.18 Å². The van der Waals surface area contributed by atoms with Gasteiger partial charge in [-0.3, -0.25) is 4.18 Å². The first kappa shape index (κ1) is 7.97. The second kappa shape index (κ2) is 2.86. The number of epoxide rings is 1. The quantitative estimate of drug-likeness (QED) is 0.427. The molecule has 0 unspecified atom stereocenters. The van der Waals surface area contributed by atoms with E-state index in [1.807, 2.05) is 0 Å². The first-order chi connectivity index (χ1) is 4.64. The van der Waals surface area contributed by atoms with Crippen molar-refractivity contribution in [2.75, 3.05) is 19.0 Å². The predicted octanol–water partition coefficient (Wildman–Crippen LogP) is -0.248. The molecule has 0 spiro atoms. The molecule has 1 atom stereocenters. The normalized spacial score (nSPS) is 24.7. The molecule has 0 aromatic heterocycles. The summed E-state index contributed by atoms with van der Waals surface area (Å²) in [5, 5.41) is 0. The molecule has 1 saturated heterocycles. The summed E-state index contributed by atoms with van der Waals surface area (Å²) < 4.78 is 30.6. The van der Waals surface area contributed by atoms with Crippen molar-refractivity contribution in [1.29, 1.82) is 0 Å². The van der Waals surface area contributed by atoms with Gasteiger partial charge >= 0.3 is 0 Å². The molecule has 1 aliphatic rings. The van der Waals surface area contributed by atoms with Crippen LogP contribution in [0.25, 0.3) is 0 Å². The van der Waals surface area contributed by atoms with Crippen LogP contribution in [0.3, 0.4) is 0 Å². The number of ether oxygens (including phenoxy) is 1. The Labute approximate surface area is 60.3 Å². The Morgan fingerprint density at radius 3 is 2.70 bits per heavy atom. The maximum absolute atomic E-state index is 10.7. The van der Waals surface area contributed by atoms with E-state index in [-0.39, 0.29) is 18.5 Å². The number of rotatable bonds is 4. The summed E-state index contributed by atoms with van der Waals surface area (Å²) in [5.41, 5.74) is 0. The molecule has 1 aliphatic heterocycles. The molecule has 5 heteroatoms. The Kier molecular flexibility index (Phi) is 2.28. The summed E-state index contributed by atoms with van der Waals surface area (Å²) in [7, 11) is -3.25. The molecular formula is C5H10O4S. The van der Waals surface area contributed by atoms with E-state index in [0.717, 1.165) is 0 Å². The van der Waals surface area contributed by atoms with E-state index in [0.29, 0.717) is 6.61 Å². The zero-order valence-electron chi connectivity index (χ0n) is 5.74. The van der Waals surface area contributed by atoms with Crippen molar-refractivity contribution in [1.82, 2.24) is 0 Å². The minimum atomic E-state index is -3.25. The molecule has 1 fully saturated rings. The third kappa shape index (κ3) is 2.64. The fourth-order valence-electron chi connectivity index (χ4n) is 0.427. The van der Waals surface area contributed by atoms with Crippen LogP contribution in [0.1, 0.15) is 6.92 Å². The zero-order chi connectivity index (χ0) is 7.61. The fraction of sp³-hybridized carbons (Fsp3) is 1.00. The van der Waals surface area contributed by atoms with Gasteiger partial charge in [0.2, 0.25) is 0 Å². The molecule has 0 amide bonds. The van der Waals surface area contributed by atoms with Crippen LogP contribution in [0.5, 0.6) is 0 Å². The van der Waals surface area contributed by atoms with Crippen LogP contribution in [0.2, 0.25) is 0 Å². The third-order valence-corrected chi connectivity index (χ3v) is 2.39. The van der Waals surface area contributed by atoms with Crippen LogP contribution in [-0.4, -0.2) is 33.5 Å². The van der Waals surface area contributed by atoms with Crippen LogP contribution in [0.4, 0.5) is 0 Å². The molecule has 0 N–H and O–H groups in total. The molecule has 10 heavy (non-hydrogen) atoms. The van der Waals surface area contributed by atoms with Crippen molar-refractivity contribution in [2.24, 2.45) is 0 Å². The van der Waals surface area contributed by atoms with Gasteiger partial charge in [-0.05, 0) is 6.92 Å². The van der Waals surface area contributed by atoms with E-state index in [4.69, 9.17) is 4.74 Å². The standard InChI is InChI=1S/C5H10O4S/c1-2-10(6,7)9-4-5-3-8-5/h5H,2-4H2,1H3/t5-/m1/s1. The molecule has 1 heterocycles. The van der Waals surface area contributed by atoms with Gasteiger partial charge < -0.3 is 4.74 Å². The Morgan fingerprint density at radius 2 is 2.30 bits per heavy atom. The van der Waals surface area contributed by atoms with Gasteiger partial charge in [-0.1, -0.05) is 0 Å². The van der Waals surface area contributed by atoms with Gasteiger partial charge in [0.1, 0.15) is 6.10 Å². The van der Waals surface area contributed by atoms with E-state index in [1.165, 1.54) is 0 Å². The predicted molar refractivity (Wildman–Crippen MR) is 35.2 cm³/mol. The largest absolute Gasteiger partial charge is 0.371 e. The minimum absolute atomic E-state index is 0.0151. The van der Waals surface area contributed by atoms with Gasteiger partial charge in [-0.15, -0.1) is 0 Å². The highest BCUT2D eigenvalue weighted by molar-refractivity contribution is 7.86.